The fourth-order valence-corrected chi connectivity index (χ4v) is 1.41. The Hall–Kier alpha value is 1.22. The minimum atomic E-state index is -4.67. The fraction of sp³-hybridized carbons (Fsp3) is 1.00. The van der Waals surface area contributed by atoms with Gasteiger partial charge in [-0.2, -0.15) is 20.2 Å². The van der Waals surface area contributed by atoms with Gasteiger partial charge in [0.05, 0.1) is 0 Å². The van der Waals surface area contributed by atoms with Crippen molar-refractivity contribution in [1.29, 1.82) is 0 Å². The van der Waals surface area contributed by atoms with Gasteiger partial charge in [-0.3, -0.25) is 9.11 Å². The van der Waals surface area contributed by atoms with Gasteiger partial charge in [0.25, 0.3) is 0 Å². The monoisotopic (exact) mass is 224 g/mol. The first-order valence-corrected chi connectivity index (χ1v) is 5.69. The van der Waals surface area contributed by atoms with Gasteiger partial charge in [-0.05, 0) is 18.6 Å². The Labute approximate surface area is 101 Å². The van der Waals surface area contributed by atoms with Gasteiger partial charge in [-0.15, -0.1) is 0 Å². The van der Waals surface area contributed by atoms with Gasteiger partial charge in [-0.25, -0.2) is 0 Å². The molecule has 0 bridgehead atoms. The Kier molecular flexibility index (Phi) is 9.94. The van der Waals surface area contributed by atoms with E-state index in [1.54, 1.807) is 0 Å². The summed E-state index contributed by atoms with van der Waals surface area (Å²) in [5.41, 5.74) is 0. The third kappa shape index (κ3) is 13.8. The number of thioether (sulfide) groups is 1. The van der Waals surface area contributed by atoms with Crippen molar-refractivity contribution < 1.29 is 48.5 Å². The van der Waals surface area contributed by atoms with E-state index in [4.69, 9.17) is 17.5 Å². The average molecular weight is 224 g/mol. The predicted molar refractivity (Wildman–Crippen MR) is 46.4 cm³/mol. The molecule has 0 spiro atoms. The van der Waals surface area contributed by atoms with Crippen LogP contribution in [0.1, 0.15) is 21.2 Å². The van der Waals surface area contributed by atoms with Crippen molar-refractivity contribution in [2.45, 2.75) is 25.0 Å². The van der Waals surface area contributed by atoms with Crippen LogP contribution in [0, 0.1) is 0 Å². The zero-order valence-electron chi connectivity index (χ0n) is 8.23. The average Bonchev–Trinajstić information content (AvgIpc) is 1.55. The van der Waals surface area contributed by atoms with Crippen molar-refractivity contribution in [3.05, 3.63) is 0 Å². The van der Waals surface area contributed by atoms with Crippen LogP contribution in [-0.4, -0.2) is 28.5 Å². The zero-order chi connectivity index (χ0) is 8.91. The van der Waals surface area contributed by atoms with Crippen LogP contribution < -0.4 is 29.6 Å². The number of rotatable bonds is 1. The molecule has 1 atom stereocenters. The first-order chi connectivity index (χ1) is 4.93. The van der Waals surface area contributed by atoms with E-state index in [1.807, 2.05) is 0 Å². The maximum absolute atomic E-state index is 8.74. The molecule has 1 unspecified atom stereocenters. The van der Waals surface area contributed by atoms with E-state index < -0.39 is 10.4 Å². The van der Waals surface area contributed by atoms with E-state index in [-0.39, 0.29) is 31.0 Å². The quantitative estimate of drug-likeness (QED) is 0.413. The molecule has 1 rings (SSSR count). The standard InChI is InChI=1S/C5H10S.Na.H2O4S.H/c1-2-5-3-4-6-5;;1-5(2,3)4;/h5H,2-4H2,1H3;;(H2,1,2,3,4);/q;+1;;-1. The van der Waals surface area contributed by atoms with Gasteiger partial charge in [0.2, 0.25) is 0 Å². The van der Waals surface area contributed by atoms with E-state index in [0.29, 0.717) is 0 Å². The molecule has 1 saturated heterocycles. The van der Waals surface area contributed by atoms with Crippen LogP contribution in [0.4, 0.5) is 0 Å². The molecule has 1 fully saturated rings. The van der Waals surface area contributed by atoms with Crippen LogP contribution in [0.5, 0.6) is 0 Å². The molecule has 7 heteroatoms. The van der Waals surface area contributed by atoms with Crippen LogP contribution in [0.15, 0.2) is 0 Å². The van der Waals surface area contributed by atoms with Gasteiger partial charge in [0.15, 0.2) is 0 Å². The van der Waals surface area contributed by atoms with Crippen LogP contribution in [-0.2, 0) is 10.4 Å². The van der Waals surface area contributed by atoms with Crippen molar-refractivity contribution in [2.75, 3.05) is 5.75 Å². The molecular formula is C5H13NaO4S2. The van der Waals surface area contributed by atoms with Crippen LogP contribution in [0.25, 0.3) is 0 Å². The van der Waals surface area contributed by atoms with E-state index in [1.165, 1.54) is 18.6 Å². The van der Waals surface area contributed by atoms with Gasteiger partial charge >= 0.3 is 40.0 Å². The van der Waals surface area contributed by atoms with Crippen molar-refractivity contribution in [2.24, 2.45) is 0 Å². The Balaban J connectivity index is -0.000000136. The second-order valence-electron chi connectivity index (χ2n) is 2.14. The van der Waals surface area contributed by atoms with Crippen molar-refractivity contribution >= 4 is 22.2 Å². The first-order valence-electron chi connectivity index (χ1n) is 3.25. The van der Waals surface area contributed by atoms with Gasteiger partial charge in [0, 0.05) is 5.25 Å². The molecule has 0 amide bonds. The summed E-state index contributed by atoms with van der Waals surface area (Å²) >= 11 is 2.11. The molecule has 70 valence electrons. The van der Waals surface area contributed by atoms with Gasteiger partial charge in [-0.1, -0.05) is 6.92 Å². The van der Waals surface area contributed by atoms with E-state index >= 15 is 0 Å². The van der Waals surface area contributed by atoms with Crippen molar-refractivity contribution in [1.82, 2.24) is 0 Å². The Morgan fingerprint density at radius 3 is 1.92 bits per heavy atom. The SMILES string of the molecule is CCC1CCS1.O=S(=O)(O)O.[H-].[Na+]. The molecule has 1 aliphatic heterocycles. The summed E-state index contributed by atoms with van der Waals surface area (Å²) in [6.07, 6.45) is 2.85. The van der Waals surface area contributed by atoms with Crippen LogP contribution >= 0.6 is 11.8 Å². The molecular weight excluding hydrogens is 211 g/mol. The maximum Gasteiger partial charge on any atom is 1.00 e. The molecule has 4 nitrogen and oxygen atoms in total. The number of hydrogen-bond donors (Lipinski definition) is 2. The Morgan fingerprint density at radius 2 is 1.92 bits per heavy atom. The second-order valence-corrected chi connectivity index (χ2v) is 4.44. The summed E-state index contributed by atoms with van der Waals surface area (Å²) in [6, 6.07) is 0. The van der Waals surface area contributed by atoms with E-state index in [9.17, 15) is 0 Å². The van der Waals surface area contributed by atoms with E-state index in [2.05, 4.69) is 18.7 Å². The molecule has 0 aromatic heterocycles. The third-order valence-corrected chi connectivity index (χ3v) is 2.76. The Bertz CT molecular complexity index is 182. The summed E-state index contributed by atoms with van der Waals surface area (Å²) in [6.45, 7) is 2.26. The zero-order valence-corrected chi connectivity index (χ0v) is 10.9. The second kappa shape index (κ2) is 7.61. The summed E-state index contributed by atoms with van der Waals surface area (Å²) in [7, 11) is -4.67. The molecule has 0 saturated carbocycles. The molecule has 0 aliphatic carbocycles. The first kappa shape index (κ1) is 15.7. The molecule has 0 aromatic rings. The number of hydrogen-bond acceptors (Lipinski definition) is 3. The van der Waals surface area contributed by atoms with Crippen LogP contribution in [0.3, 0.4) is 0 Å². The molecule has 0 radical (unpaired) electrons. The van der Waals surface area contributed by atoms with Crippen LogP contribution in [0.2, 0.25) is 0 Å². The Morgan fingerprint density at radius 1 is 1.58 bits per heavy atom. The predicted octanol–water partition coefficient (Wildman–Crippen LogP) is -1.63. The smallest absolute Gasteiger partial charge is 1.00 e. The van der Waals surface area contributed by atoms with Gasteiger partial charge < -0.3 is 1.43 Å². The topological polar surface area (TPSA) is 74.6 Å². The minimum Gasteiger partial charge on any atom is -1.00 e. The minimum absolute atomic E-state index is 0. The molecule has 1 aliphatic rings. The molecule has 0 aromatic carbocycles. The summed E-state index contributed by atoms with van der Waals surface area (Å²) < 4.78 is 31.6. The summed E-state index contributed by atoms with van der Waals surface area (Å²) in [5.74, 6) is 1.42. The molecule has 2 N–H and O–H groups in total. The molecule has 12 heavy (non-hydrogen) atoms. The third-order valence-electron chi connectivity index (χ3n) is 1.25. The molecule has 1 heterocycles. The normalized spacial score (nSPS) is 21.1. The largest absolute Gasteiger partial charge is 1.00 e. The maximum atomic E-state index is 8.74. The van der Waals surface area contributed by atoms with E-state index in [0.717, 1.165) is 5.25 Å². The summed E-state index contributed by atoms with van der Waals surface area (Å²) in [4.78, 5) is 0. The summed E-state index contributed by atoms with van der Waals surface area (Å²) in [5, 5.41) is 1.03. The van der Waals surface area contributed by atoms with Gasteiger partial charge in [0.1, 0.15) is 0 Å². The van der Waals surface area contributed by atoms with Crippen molar-refractivity contribution in [3.8, 4) is 0 Å². The van der Waals surface area contributed by atoms with Crippen molar-refractivity contribution in [3.63, 3.8) is 0 Å². The fourth-order valence-electron chi connectivity index (χ4n) is 0.606.